The highest BCUT2D eigenvalue weighted by atomic mass is 16.5. The van der Waals surface area contributed by atoms with Gasteiger partial charge >= 0.3 is 5.97 Å². The van der Waals surface area contributed by atoms with E-state index < -0.39 is 5.97 Å². The summed E-state index contributed by atoms with van der Waals surface area (Å²) >= 11 is 0. The molecule has 4 heteroatoms. The summed E-state index contributed by atoms with van der Waals surface area (Å²) in [5, 5.41) is 8.80. The van der Waals surface area contributed by atoms with Gasteiger partial charge in [-0.25, -0.2) is 4.79 Å². The maximum atomic E-state index is 10.7. The molecule has 0 atom stereocenters. The Balaban J connectivity index is 1.99. The first-order valence-corrected chi connectivity index (χ1v) is 5.78. The van der Waals surface area contributed by atoms with Crippen LogP contribution in [0, 0.1) is 0 Å². The van der Waals surface area contributed by atoms with E-state index in [0.29, 0.717) is 12.4 Å². The molecular formula is C15H14O4. The van der Waals surface area contributed by atoms with Crippen molar-refractivity contribution in [3.05, 3.63) is 59.7 Å². The van der Waals surface area contributed by atoms with Crippen LogP contribution in [0.3, 0.4) is 0 Å². The third-order valence-electron chi connectivity index (χ3n) is 2.65. The number of rotatable bonds is 5. The molecule has 0 aliphatic rings. The fourth-order valence-corrected chi connectivity index (χ4v) is 1.60. The lowest BCUT2D eigenvalue weighted by Gasteiger charge is -2.08. The largest absolute Gasteiger partial charge is 0.497 e. The Morgan fingerprint density at radius 3 is 2.42 bits per heavy atom. The smallest absolute Gasteiger partial charge is 0.335 e. The molecule has 0 aliphatic carbocycles. The van der Waals surface area contributed by atoms with Gasteiger partial charge in [-0.05, 0) is 29.8 Å². The van der Waals surface area contributed by atoms with Crippen LogP contribution in [-0.2, 0) is 6.61 Å². The lowest BCUT2D eigenvalue weighted by atomic mass is 10.1. The second-order valence-electron chi connectivity index (χ2n) is 3.97. The van der Waals surface area contributed by atoms with E-state index >= 15 is 0 Å². The molecule has 4 nitrogen and oxygen atoms in total. The standard InChI is InChI=1S/C15H14O4/c1-18-13-3-2-4-14(9-13)19-10-11-5-7-12(8-6-11)15(16)17/h2-9H,10H2,1H3,(H,16,17). The fraction of sp³-hybridized carbons (Fsp3) is 0.133. The van der Waals surface area contributed by atoms with Crippen molar-refractivity contribution in [1.82, 2.24) is 0 Å². The number of carboxylic acids is 1. The third-order valence-corrected chi connectivity index (χ3v) is 2.65. The van der Waals surface area contributed by atoms with Crippen LogP contribution in [0.15, 0.2) is 48.5 Å². The predicted molar refractivity (Wildman–Crippen MR) is 70.7 cm³/mol. The summed E-state index contributed by atoms with van der Waals surface area (Å²) in [4.78, 5) is 10.7. The van der Waals surface area contributed by atoms with Crippen LogP contribution in [0.1, 0.15) is 15.9 Å². The average Bonchev–Trinajstić information content (AvgIpc) is 2.46. The number of carbonyl (C=O) groups is 1. The normalized spacial score (nSPS) is 9.95. The van der Waals surface area contributed by atoms with Crippen molar-refractivity contribution in [1.29, 1.82) is 0 Å². The molecule has 0 bridgehead atoms. The summed E-state index contributed by atoms with van der Waals surface area (Å²) in [7, 11) is 1.60. The second kappa shape index (κ2) is 5.91. The van der Waals surface area contributed by atoms with Crippen molar-refractivity contribution >= 4 is 5.97 Å². The lowest BCUT2D eigenvalue weighted by Crippen LogP contribution is -1.99. The van der Waals surface area contributed by atoms with Crippen LogP contribution in [0.5, 0.6) is 11.5 Å². The predicted octanol–water partition coefficient (Wildman–Crippen LogP) is 2.97. The third kappa shape index (κ3) is 3.48. The van der Waals surface area contributed by atoms with Crippen LogP contribution >= 0.6 is 0 Å². The minimum atomic E-state index is -0.930. The number of hydrogen-bond donors (Lipinski definition) is 1. The minimum absolute atomic E-state index is 0.269. The first-order chi connectivity index (χ1) is 9.19. The number of carboxylic acid groups (broad SMARTS) is 1. The maximum Gasteiger partial charge on any atom is 0.335 e. The van der Waals surface area contributed by atoms with Crippen LogP contribution in [0.25, 0.3) is 0 Å². The van der Waals surface area contributed by atoms with E-state index in [0.717, 1.165) is 11.3 Å². The van der Waals surface area contributed by atoms with Gasteiger partial charge in [-0.3, -0.25) is 0 Å². The molecule has 0 spiro atoms. The van der Waals surface area contributed by atoms with E-state index in [9.17, 15) is 4.79 Å². The van der Waals surface area contributed by atoms with Gasteiger partial charge in [-0.15, -0.1) is 0 Å². The van der Waals surface area contributed by atoms with E-state index in [1.807, 2.05) is 18.2 Å². The highest BCUT2D eigenvalue weighted by Gasteiger charge is 2.02. The SMILES string of the molecule is COc1cccc(OCc2ccc(C(=O)O)cc2)c1. The first kappa shape index (κ1) is 13.0. The fourth-order valence-electron chi connectivity index (χ4n) is 1.60. The van der Waals surface area contributed by atoms with Crippen LogP contribution in [0.2, 0.25) is 0 Å². The minimum Gasteiger partial charge on any atom is -0.497 e. The zero-order valence-corrected chi connectivity index (χ0v) is 10.5. The summed E-state index contributed by atoms with van der Waals surface area (Å²) in [5.41, 5.74) is 1.18. The van der Waals surface area contributed by atoms with Crippen LogP contribution < -0.4 is 9.47 Å². The van der Waals surface area contributed by atoms with Gasteiger partial charge in [0.1, 0.15) is 18.1 Å². The monoisotopic (exact) mass is 258 g/mol. The molecule has 0 aliphatic heterocycles. The lowest BCUT2D eigenvalue weighted by molar-refractivity contribution is 0.0697. The maximum absolute atomic E-state index is 10.7. The van der Waals surface area contributed by atoms with Gasteiger partial charge in [0, 0.05) is 6.07 Å². The van der Waals surface area contributed by atoms with Gasteiger partial charge in [-0.2, -0.15) is 0 Å². The molecule has 0 fully saturated rings. The number of aromatic carboxylic acids is 1. The molecule has 2 rings (SSSR count). The molecular weight excluding hydrogens is 244 g/mol. The summed E-state index contributed by atoms with van der Waals surface area (Å²) < 4.78 is 10.7. The Morgan fingerprint density at radius 1 is 1.11 bits per heavy atom. The van der Waals surface area contributed by atoms with Crippen molar-refractivity contribution in [2.45, 2.75) is 6.61 Å². The Hall–Kier alpha value is -2.49. The van der Waals surface area contributed by atoms with Gasteiger partial charge < -0.3 is 14.6 Å². The number of hydrogen-bond acceptors (Lipinski definition) is 3. The van der Waals surface area contributed by atoms with Crippen LogP contribution in [0.4, 0.5) is 0 Å². The Kier molecular flexibility index (Phi) is 4.03. The summed E-state index contributed by atoms with van der Waals surface area (Å²) in [6.45, 7) is 0.382. The molecule has 0 saturated heterocycles. The van der Waals surface area contributed by atoms with Crippen molar-refractivity contribution in [3.8, 4) is 11.5 Å². The molecule has 0 amide bonds. The molecule has 0 radical (unpaired) electrons. The number of ether oxygens (including phenoxy) is 2. The molecule has 0 heterocycles. The summed E-state index contributed by atoms with van der Waals surface area (Å²) in [6, 6.07) is 13.9. The molecule has 0 saturated carbocycles. The first-order valence-electron chi connectivity index (χ1n) is 5.78. The van der Waals surface area contributed by atoms with Crippen LogP contribution in [-0.4, -0.2) is 18.2 Å². The van der Waals surface area contributed by atoms with E-state index in [2.05, 4.69) is 0 Å². The molecule has 0 unspecified atom stereocenters. The molecule has 98 valence electrons. The Bertz CT molecular complexity index is 561. The van der Waals surface area contributed by atoms with Gasteiger partial charge in [0.25, 0.3) is 0 Å². The van der Waals surface area contributed by atoms with Crippen molar-refractivity contribution in [3.63, 3.8) is 0 Å². The van der Waals surface area contributed by atoms with E-state index in [1.54, 1.807) is 37.4 Å². The zero-order chi connectivity index (χ0) is 13.7. The Labute approximate surface area is 111 Å². The molecule has 1 N–H and O–H groups in total. The summed E-state index contributed by atoms with van der Waals surface area (Å²) in [6.07, 6.45) is 0. The summed E-state index contributed by atoms with van der Waals surface area (Å²) in [5.74, 6) is 0.514. The van der Waals surface area contributed by atoms with Crippen molar-refractivity contribution in [2.75, 3.05) is 7.11 Å². The van der Waals surface area contributed by atoms with Gasteiger partial charge in [-0.1, -0.05) is 18.2 Å². The highest BCUT2D eigenvalue weighted by molar-refractivity contribution is 5.87. The molecule has 0 aromatic heterocycles. The van der Waals surface area contributed by atoms with Crippen molar-refractivity contribution < 1.29 is 19.4 Å². The zero-order valence-electron chi connectivity index (χ0n) is 10.5. The number of benzene rings is 2. The average molecular weight is 258 g/mol. The van der Waals surface area contributed by atoms with Crippen molar-refractivity contribution in [2.24, 2.45) is 0 Å². The highest BCUT2D eigenvalue weighted by Crippen LogP contribution is 2.20. The molecule has 2 aromatic carbocycles. The van der Waals surface area contributed by atoms with Gasteiger partial charge in [0.2, 0.25) is 0 Å². The second-order valence-corrected chi connectivity index (χ2v) is 3.97. The van der Waals surface area contributed by atoms with E-state index in [-0.39, 0.29) is 5.56 Å². The molecule has 2 aromatic rings. The van der Waals surface area contributed by atoms with Gasteiger partial charge in [0.05, 0.1) is 12.7 Å². The van der Waals surface area contributed by atoms with Gasteiger partial charge in [0.15, 0.2) is 0 Å². The number of methoxy groups -OCH3 is 1. The topological polar surface area (TPSA) is 55.8 Å². The van der Waals surface area contributed by atoms with E-state index in [1.165, 1.54) is 0 Å². The molecule has 19 heavy (non-hydrogen) atoms. The quantitative estimate of drug-likeness (QED) is 0.895. The van der Waals surface area contributed by atoms with E-state index in [4.69, 9.17) is 14.6 Å². The Morgan fingerprint density at radius 2 is 1.79 bits per heavy atom.